The first kappa shape index (κ1) is 24.0. The van der Waals surface area contributed by atoms with Crippen molar-refractivity contribution in [2.45, 2.75) is 27.3 Å². The Morgan fingerprint density at radius 1 is 1.00 bits per heavy atom. The Balaban J connectivity index is 1.88. The summed E-state index contributed by atoms with van der Waals surface area (Å²) < 4.78 is 6.34. The van der Waals surface area contributed by atoms with Crippen LogP contribution < -0.4 is 10.9 Å². The van der Waals surface area contributed by atoms with Gasteiger partial charge in [-0.15, -0.1) is 0 Å². The molecule has 0 saturated heterocycles. The van der Waals surface area contributed by atoms with Crippen LogP contribution in [0.3, 0.4) is 0 Å². The average molecular weight is 489 g/mol. The van der Waals surface area contributed by atoms with Gasteiger partial charge in [0, 0.05) is 17.7 Å². The van der Waals surface area contributed by atoms with Crippen LogP contribution >= 0.6 is 11.3 Å². The van der Waals surface area contributed by atoms with Gasteiger partial charge in [-0.2, -0.15) is 5.10 Å². The van der Waals surface area contributed by atoms with Crippen molar-refractivity contribution in [3.8, 4) is 22.4 Å². The van der Waals surface area contributed by atoms with Gasteiger partial charge in [-0.05, 0) is 26.3 Å². The molecule has 0 atom stereocenters. The zero-order valence-corrected chi connectivity index (χ0v) is 20.4. The van der Waals surface area contributed by atoms with Crippen molar-refractivity contribution in [3.63, 3.8) is 0 Å². The number of amides is 1. The maximum Gasteiger partial charge on any atom is 0.350 e. The minimum atomic E-state index is -0.625. The second-order valence-corrected chi connectivity index (χ2v) is 8.56. The number of nitrogens with zero attached hydrogens (tertiary/aromatic N) is 3. The SMILES string of the molecule is CCOC(=O)c1sc(NC(=O)c2c(-c3ccccc3)c(-c3ccccc3)nn(CC)c2=O)nc1C. The number of ether oxygens (including phenoxy) is 1. The van der Waals surface area contributed by atoms with E-state index >= 15 is 0 Å². The maximum absolute atomic E-state index is 13.6. The molecule has 0 spiro atoms. The molecular formula is C26H24N4O4S. The highest BCUT2D eigenvalue weighted by Gasteiger charge is 2.26. The van der Waals surface area contributed by atoms with Crippen LogP contribution in [-0.2, 0) is 11.3 Å². The van der Waals surface area contributed by atoms with E-state index in [9.17, 15) is 14.4 Å². The summed E-state index contributed by atoms with van der Waals surface area (Å²) in [5.41, 5.74) is 2.30. The molecule has 178 valence electrons. The predicted molar refractivity (Wildman–Crippen MR) is 136 cm³/mol. The molecule has 9 heteroatoms. The first-order chi connectivity index (χ1) is 16.9. The van der Waals surface area contributed by atoms with E-state index in [-0.39, 0.29) is 23.8 Å². The Labute approximate surface area is 206 Å². The molecule has 4 rings (SSSR count). The van der Waals surface area contributed by atoms with E-state index in [0.29, 0.717) is 27.4 Å². The predicted octanol–water partition coefficient (Wildman–Crippen LogP) is 4.79. The average Bonchev–Trinajstić information content (AvgIpc) is 3.24. The summed E-state index contributed by atoms with van der Waals surface area (Å²) in [6, 6.07) is 18.6. The molecule has 0 bridgehead atoms. The van der Waals surface area contributed by atoms with Crippen molar-refractivity contribution in [3.05, 3.63) is 87.2 Å². The van der Waals surface area contributed by atoms with Crippen molar-refractivity contribution in [2.75, 3.05) is 11.9 Å². The molecule has 2 aromatic heterocycles. The van der Waals surface area contributed by atoms with E-state index < -0.39 is 17.4 Å². The molecule has 0 aliphatic heterocycles. The molecule has 0 fully saturated rings. The number of anilines is 1. The van der Waals surface area contributed by atoms with Crippen LogP contribution in [0.1, 0.15) is 39.6 Å². The lowest BCUT2D eigenvalue weighted by Gasteiger charge is -2.16. The van der Waals surface area contributed by atoms with Gasteiger partial charge in [-0.3, -0.25) is 14.9 Å². The molecule has 0 aliphatic rings. The Morgan fingerprint density at radius 3 is 2.23 bits per heavy atom. The Morgan fingerprint density at radius 2 is 1.63 bits per heavy atom. The van der Waals surface area contributed by atoms with Crippen molar-refractivity contribution in [1.29, 1.82) is 0 Å². The van der Waals surface area contributed by atoms with E-state index in [1.165, 1.54) is 4.68 Å². The van der Waals surface area contributed by atoms with Gasteiger partial charge in [-0.1, -0.05) is 72.0 Å². The van der Waals surface area contributed by atoms with Crippen LogP contribution in [0.15, 0.2) is 65.5 Å². The third-order valence-electron chi connectivity index (χ3n) is 5.27. The van der Waals surface area contributed by atoms with Gasteiger partial charge >= 0.3 is 5.97 Å². The Kier molecular flexibility index (Phi) is 7.17. The number of aromatic nitrogens is 3. The van der Waals surface area contributed by atoms with Crippen LogP contribution in [-0.4, -0.2) is 33.2 Å². The molecule has 1 amide bonds. The Bertz CT molecular complexity index is 1430. The maximum atomic E-state index is 13.6. The molecule has 2 heterocycles. The van der Waals surface area contributed by atoms with Gasteiger partial charge in [0.05, 0.1) is 18.0 Å². The lowest BCUT2D eigenvalue weighted by molar-refractivity contribution is 0.0531. The van der Waals surface area contributed by atoms with Gasteiger partial charge in [0.15, 0.2) is 5.13 Å². The number of benzene rings is 2. The first-order valence-electron chi connectivity index (χ1n) is 11.2. The van der Waals surface area contributed by atoms with Gasteiger partial charge in [0.25, 0.3) is 11.5 Å². The zero-order valence-electron chi connectivity index (χ0n) is 19.6. The highest BCUT2D eigenvalue weighted by molar-refractivity contribution is 7.17. The molecular weight excluding hydrogens is 464 g/mol. The van der Waals surface area contributed by atoms with E-state index in [1.54, 1.807) is 20.8 Å². The highest BCUT2D eigenvalue weighted by atomic mass is 32.1. The molecule has 35 heavy (non-hydrogen) atoms. The highest BCUT2D eigenvalue weighted by Crippen LogP contribution is 2.33. The molecule has 8 nitrogen and oxygen atoms in total. The standard InChI is InChI=1S/C26H24N4O4S/c1-4-30-24(32)20(23(31)28-26-27-16(3)22(35-26)25(33)34-5-2)19(17-12-8-6-9-13-17)21(29-30)18-14-10-7-11-15-18/h6-15H,4-5H2,1-3H3,(H,27,28,31). The smallest absolute Gasteiger partial charge is 0.350 e. The molecule has 1 N–H and O–H groups in total. The van der Waals surface area contributed by atoms with Crippen molar-refractivity contribution >= 4 is 28.3 Å². The summed E-state index contributed by atoms with van der Waals surface area (Å²) in [4.78, 5) is 43.8. The molecule has 4 aromatic rings. The number of hydrogen-bond acceptors (Lipinski definition) is 7. The van der Waals surface area contributed by atoms with Crippen molar-refractivity contribution in [1.82, 2.24) is 14.8 Å². The minimum absolute atomic E-state index is 0.0440. The number of rotatable bonds is 7. The summed E-state index contributed by atoms with van der Waals surface area (Å²) >= 11 is 1.01. The first-order valence-corrected chi connectivity index (χ1v) is 12.0. The summed E-state index contributed by atoms with van der Waals surface area (Å²) in [5.74, 6) is -1.13. The van der Waals surface area contributed by atoms with Crippen LogP contribution in [0.2, 0.25) is 0 Å². The third-order valence-corrected chi connectivity index (χ3v) is 6.32. The third kappa shape index (κ3) is 4.90. The van der Waals surface area contributed by atoms with Crippen LogP contribution in [0, 0.1) is 6.92 Å². The minimum Gasteiger partial charge on any atom is -0.462 e. The van der Waals surface area contributed by atoms with E-state index in [1.807, 2.05) is 60.7 Å². The van der Waals surface area contributed by atoms with Crippen LogP contribution in [0.4, 0.5) is 5.13 Å². The monoisotopic (exact) mass is 488 g/mol. The van der Waals surface area contributed by atoms with Crippen molar-refractivity contribution < 1.29 is 14.3 Å². The quantitative estimate of drug-likeness (QED) is 0.375. The number of aryl methyl sites for hydroxylation is 2. The van der Waals surface area contributed by atoms with Crippen LogP contribution in [0.25, 0.3) is 22.4 Å². The molecule has 0 radical (unpaired) electrons. The second-order valence-electron chi connectivity index (χ2n) is 7.56. The number of thiazole rings is 1. The molecule has 0 aliphatic carbocycles. The van der Waals surface area contributed by atoms with Gasteiger partial charge in [-0.25, -0.2) is 14.5 Å². The lowest BCUT2D eigenvalue weighted by Crippen LogP contribution is -2.32. The summed E-state index contributed by atoms with van der Waals surface area (Å²) in [5, 5.41) is 7.52. The van der Waals surface area contributed by atoms with Gasteiger partial charge in [0.1, 0.15) is 10.4 Å². The topological polar surface area (TPSA) is 103 Å². The fourth-order valence-corrected chi connectivity index (χ4v) is 4.53. The number of hydrogen-bond donors (Lipinski definition) is 1. The second kappa shape index (κ2) is 10.4. The zero-order chi connectivity index (χ0) is 24.9. The number of carbonyl (C=O) groups excluding carboxylic acids is 2. The van der Waals surface area contributed by atoms with E-state index in [0.717, 1.165) is 16.9 Å². The fourth-order valence-electron chi connectivity index (χ4n) is 3.67. The normalized spacial score (nSPS) is 10.7. The van der Waals surface area contributed by atoms with E-state index in [2.05, 4.69) is 15.4 Å². The molecule has 0 unspecified atom stereocenters. The summed E-state index contributed by atoms with van der Waals surface area (Å²) in [6.45, 7) is 5.70. The van der Waals surface area contributed by atoms with Gasteiger partial charge in [0.2, 0.25) is 0 Å². The van der Waals surface area contributed by atoms with Crippen LogP contribution in [0.5, 0.6) is 0 Å². The Hall–Kier alpha value is -4.11. The molecule has 2 aromatic carbocycles. The summed E-state index contributed by atoms with van der Waals surface area (Å²) in [7, 11) is 0. The fraction of sp³-hybridized carbons (Fsp3) is 0.192. The largest absolute Gasteiger partial charge is 0.462 e. The molecule has 0 saturated carbocycles. The summed E-state index contributed by atoms with van der Waals surface area (Å²) in [6.07, 6.45) is 0. The lowest BCUT2D eigenvalue weighted by atomic mass is 9.95. The number of carbonyl (C=O) groups is 2. The number of nitrogens with one attached hydrogen (secondary N) is 1. The van der Waals surface area contributed by atoms with Crippen molar-refractivity contribution in [2.24, 2.45) is 0 Å². The number of esters is 1. The van der Waals surface area contributed by atoms with E-state index in [4.69, 9.17) is 4.74 Å². The van der Waals surface area contributed by atoms with Gasteiger partial charge < -0.3 is 4.74 Å².